The van der Waals surface area contributed by atoms with Crippen molar-refractivity contribution in [1.82, 2.24) is 0 Å². The Hall–Kier alpha value is -0.300. The van der Waals surface area contributed by atoms with E-state index in [1.807, 2.05) is 0 Å². The Balaban J connectivity index is 2.55. The Labute approximate surface area is 62.8 Å². The Morgan fingerprint density at radius 3 is 2.60 bits per heavy atom. The van der Waals surface area contributed by atoms with Gasteiger partial charge in [0.1, 0.15) is 0 Å². The number of hydrogen-bond acceptors (Lipinski definition) is 1. The van der Waals surface area contributed by atoms with Gasteiger partial charge in [-0.3, -0.25) is 0 Å². The third-order valence-corrected chi connectivity index (χ3v) is 2.21. The number of allylic oxidation sites excluding steroid dienone is 1. The number of aliphatic hydroxyl groups is 1. The maximum atomic E-state index is 9.29. The molecule has 0 heterocycles. The maximum Gasteiger partial charge on any atom is 0.0577 e. The van der Waals surface area contributed by atoms with E-state index in [2.05, 4.69) is 13.8 Å². The van der Waals surface area contributed by atoms with Gasteiger partial charge < -0.3 is 5.11 Å². The van der Waals surface area contributed by atoms with E-state index in [1.165, 1.54) is 24.0 Å². The van der Waals surface area contributed by atoms with Crippen LogP contribution in [0.2, 0.25) is 0 Å². The van der Waals surface area contributed by atoms with Crippen LogP contribution in [0.3, 0.4) is 0 Å². The third kappa shape index (κ3) is 1.84. The van der Waals surface area contributed by atoms with Crippen LogP contribution in [-0.4, -0.2) is 11.2 Å². The molecule has 1 fully saturated rings. The average Bonchev–Trinajstić information content (AvgIpc) is 1.88. The van der Waals surface area contributed by atoms with Crippen molar-refractivity contribution in [2.24, 2.45) is 0 Å². The van der Waals surface area contributed by atoms with Gasteiger partial charge in [0.15, 0.2) is 0 Å². The summed E-state index contributed by atoms with van der Waals surface area (Å²) in [6.07, 6.45) is 4.24. The first-order valence-electron chi connectivity index (χ1n) is 4.03. The molecule has 1 N–H and O–H groups in total. The van der Waals surface area contributed by atoms with Gasteiger partial charge in [-0.05, 0) is 39.5 Å². The summed E-state index contributed by atoms with van der Waals surface area (Å²) in [5.41, 5.74) is 2.87. The molecule has 58 valence electrons. The van der Waals surface area contributed by atoms with Crippen LogP contribution in [0.4, 0.5) is 0 Å². The first kappa shape index (κ1) is 7.80. The number of rotatable bonds is 0. The quantitative estimate of drug-likeness (QED) is 0.512. The van der Waals surface area contributed by atoms with Crippen molar-refractivity contribution < 1.29 is 5.11 Å². The fourth-order valence-electron chi connectivity index (χ4n) is 1.49. The summed E-state index contributed by atoms with van der Waals surface area (Å²) < 4.78 is 0. The van der Waals surface area contributed by atoms with Crippen LogP contribution in [-0.2, 0) is 0 Å². The first-order chi connectivity index (χ1) is 4.70. The van der Waals surface area contributed by atoms with Crippen LogP contribution in [0.1, 0.15) is 39.5 Å². The highest BCUT2D eigenvalue weighted by molar-refractivity contribution is 5.12. The van der Waals surface area contributed by atoms with Gasteiger partial charge in [-0.15, -0.1) is 0 Å². The van der Waals surface area contributed by atoms with Crippen LogP contribution >= 0.6 is 0 Å². The molecule has 0 aromatic rings. The smallest absolute Gasteiger partial charge is 0.0577 e. The molecule has 1 unspecified atom stereocenters. The van der Waals surface area contributed by atoms with Crippen molar-refractivity contribution >= 4 is 0 Å². The molecule has 1 nitrogen and oxygen atoms in total. The molecule has 0 aliphatic heterocycles. The molecule has 0 radical (unpaired) electrons. The highest BCUT2D eigenvalue weighted by Gasteiger charge is 2.14. The van der Waals surface area contributed by atoms with Gasteiger partial charge in [0.25, 0.3) is 0 Å². The summed E-state index contributed by atoms with van der Waals surface area (Å²) in [4.78, 5) is 0. The molecule has 0 aromatic heterocycles. The van der Waals surface area contributed by atoms with Crippen molar-refractivity contribution in [3.8, 4) is 0 Å². The number of aliphatic hydroxyl groups excluding tert-OH is 1. The van der Waals surface area contributed by atoms with Gasteiger partial charge in [0.2, 0.25) is 0 Å². The molecular formula is C9H16O. The minimum absolute atomic E-state index is 0.0568. The standard InChI is InChI=1S/C9H16O/c1-7(2)8-4-3-5-9(10)6-8/h9-10H,3-6H2,1-2H3. The normalized spacial score (nSPS) is 26.7. The molecule has 1 atom stereocenters. The van der Waals surface area contributed by atoms with Crippen molar-refractivity contribution in [2.75, 3.05) is 0 Å². The van der Waals surface area contributed by atoms with Gasteiger partial charge in [0, 0.05) is 0 Å². The molecule has 1 aliphatic rings. The van der Waals surface area contributed by atoms with Crippen LogP contribution < -0.4 is 0 Å². The van der Waals surface area contributed by atoms with E-state index in [-0.39, 0.29) is 6.10 Å². The van der Waals surface area contributed by atoms with Gasteiger partial charge in [-0.1, -0.05) is 11.1 Å². The van der Waals surface area contributed by atoms with Crippen LogP contribution in [0.15, 0.2) is 11.1 Å². The summed E-state index contributed by atoms with van der Waals surface area (Å²) in [6.45, 7) is 4.26. The zero-order valence-electron chi connectivity index (χ0n) is 6.85. The van der Waals surface area contributed by atoms with Crippen molar-refractivity contribution in [3.63, 3.8) is 0 Å². The molecule has 0 spiro atoms. The van der Waals surface area contributed by atoms with E-state index in [1.54, 1.807) is 0 Å². The zero-order valence-corrected chi connectivity index (χ0v) is 6.85. The van der Waals surface area contributed by atoms with Crippen molar-refractivity contribution in [2.45, 2.75) is 45.6 Å². The minimum Gasteiger partial charge on any atom is -0.393 e. The van der Waals surface area contributed by atoms with E-state index in [4.69, 9.17) is 0 Å². The Bertz CT molecular complexity index is 143. The van der Waals surface area contributed by atoms with Gasteiger partial charge in [-0.2, -0.15) is 0 Å². The van der Waals surface area contributed by atoms with E-state index < -0.39 is 0 Å². The van der Waals surface area contributed by atoms with Crippen molar-refractivity contribution in [3.05, 3.63) is 11.1 Å². The second-order valence-corrected chi connectivity index (χ2v) is 3.35. The third-order valence-electron chi connectivity index (χ3n) is 2.21. The van der Waals surface area contributed by atoms with E-state index >= 15 is 0 Å². The van der Waals surface area contributed by atoms with Crippen molar-refractivity contribution in [1.29, 1.82) is 0 Å². The molecule has 10 heavy (non-hydrogen) atoms. The lowest BCUT2D eigenvalue weighted by molar-refractivity contribution is 0.149. The molecule has 1 aliphatic carbocycles. The lowest BCUT2D eigenvalue weighted by Gasteiger charge is -2.20. The summed E-state index contributed by atoms with van der Waals surface area (Å²) in [7, 11) is 0. The largest absolute Gasteiger partial charge is 0.393 e. The minimum atomic E-state index is -0.0568. The second-order valence-electron chi connectivity index (χ2n) is 3.35. The summed E-state index contributed by atoms with van der Waals surface area (Å²) >= 11 is 0. The van der Waals surface area contributed by atoms with Gasteiger partial charge >= 0.3 is 0 Å². The molecule has 1 heteroatoms. The molecule has 1 rings (SSSR count). The van der Waals surface area contributed by atoms with E-state index in [9.17, 15) is 5.11 Å². The molecular weight excluding hydrogens is 124 g/mol. The number of hydrogen-bond donors (Lipinski definition) is 1. The Morgan fingerprint density at radius 2 is 2.20 bits per heavy atom. The lowest BCUT2D eigenvalue weighted by atomic mass is 9.90. The fourth-order valence-corrected chi connectivity index (χ4v) is 1.49. The molecule has 0 bridgehead atoms. The summed E-state index contributed by atoms with van der Waals surface area (Å²) in [6, 6.07) is 0. The highest BCUT2D eigenvalue weighted by Crippen LogP contribution is 2.25. The van der Waals surface area contributed by atoms with E-state index in [0.717, 1.165) is 12.8 Å². The molecule has 0 aromatic carbocycles. The fraction of sp³-hybridized carbons (Fsp3) is 0.778. The topological polar surface area (TPSA) is 20.2 Å². The zero-order chi connectivity index (χ0) is 7.56. The molecule has 1 saturated carbocycles. The maximum absolute atomic E-state index is 9.29. The van der Waals surface area contributed by atoms with Crippen LogP contribution in [0, 0.1) is 0 Å². The molecule has 0 amide bonds. The summed E-state index contributed by atoms with van der Waals surface area (Å²) in [5.74, 6) is 0. The lowest BCUT2D eigenvalue weighted by Crippen LogP contribution is -2.13. The van der Waals surface area contributed by atoms with Crippen LogP contribution in [0.5, 0.6) is 0 Å². The Kier molecular flexibility index (Phi) is 2.50. The predicted octanol–water partition coefficient (Wildman–Crippen LogP) is 2.26. The molecule has 0 saturated heterocycles. The summed E-state index contributed by atoms with van der Waals surface area (Å²) in [5, 5.41) is 9.29. The SMILES string of the molecule is CC(C)=C1CCCC(O)C1. The first-order valence-corrected chi connectivity index (χ1v) is 4.03. The van der Waals surface area contributed by atoms with Gasteiger partial charge in [-0.25, -0.2) is 0 Å². The Morgan fingerprint density at radius 1 is 1.50 bits per heavy atom. The van der Waals surface area contributed by atoms with Crippen LogP contribution in [0.25, 0.3) is 0 Å². The second kappa shape index (κ2) is 3.20. The monoisotopic (exact) mass is 140 g/mol. The van der Waals surface area contributed by atoms with E-state index in [0.29, 0.717) is 0 Å². The highest BCUT2D eigenvalue weighted by atomic mass is 16.3. The predicted molar refractivity (Wildman–Crippen MR) is 42.8 cm³/mol. The van der Waals surface area contributed by atoms with Gasteiger partial charge in [0.05, 0.1) is 6.10 Å². The average molecular weight is 140 g/mol.